The summed E-state index contributed by atoms with van der Waals surface area (Å²) >= 11 is 0. The van der Waals surface area contributed by atoms with E-state index in [4.69, 9.17) is 5.73 Å². The van der Waals surface area contributed by atoms with Crippen LogP contribution in [0.2, 0.25) is 0 Å². The van der Waals surface area contributed by atoms with E-state index in [0.717, 1.165) is 38.8 Å². The first-order valence-electron chi connectivity index (χ1n) is 8.01. The van der Waals surface area contributed by atoms with Gasteiger partial charge in [-0.2, -0.15) is 0 Å². The van der Waals surface area contributed by atoms with E-state index in [2.05, 4.69) is 11.8 Å². The van der Waals surface area contributed by atoms with Crippen molar-refractivity contribution in [3.8, 4) is 0 Å². The lowest BCUT2D eigenvalue weighted by Gasteiger charge is -2.38. The first-order chi connectivity index (χ1) is 10.0. The van der Waals surface area contributed by atoms with Crippen molar-refractivity contribution in [2.24, 2.45) is 11.7 Å². The topological polar surface area (TPSA) is 86.9 Å². The molecule has 0 spiro atoms. The zero-order chi connectivity index (χ0) is 15.4. The van der Waals surface area contributed by atoms with Gasteiger partial charge in [-0.05, 0) is 31.6 Å². The maximum absolute atomic E-state index is 12.4. The number of piperidine rings is 2. The van der Waals surface area contributed by atoms with E-state index in [1.165, 1.54) is 0 Å². The normalized spacial score (nSPS) is 28.6. The molecular formula is C15H27N3O3. The van der Waals surface area contributed by atoms with Crippen LogP contribution in [-0.2, 0) is 9.59 Å². The SMILES string of the molecule is CCC1CCN(C(=O)CN2CCC(N)CC2)C(C(=O)O)C1. The molecule has 1 amide bonds. The Kier molecular flexibility index (Phi) is 5.58. The number of rotatable bonds is 4. The molecule has 0 aromatic carbocycles. The van der Waals surface area contributed by atoms with Crippen LogP contribution in [0.5, 0.6) is 0 Å². The number of carboxylic acid groups (broad SMARTS) is 1. The van der Waals surface area contributed by atoms with Crippen molar-refractivity contribution >= 4 is 11.9 Å². The molecule has 2 saturated heterocycles. The van der Waals surface area contributed by atoms with Crippen LogP contribution in [-0.4, -0.2) is 65.0 Å². The summed E-state index contributed by atoms with van der Waals surface area (Å²) in [5.74, 6) is -0.502. The first-order valence-corrected chi connectivity index (χ1v) is 8.01. The smallest absolute Gasteiger partial charge is 0.326 e. The lowest BCUT2D eigenvalue weighted by atomic mass is 9.89. The van der Waals surface area contributed by atoms with Gasteiger partial charge < -0.3 is 15.7 Å². The van der Waals surface area contributed by atoms with Gasteiger partial charge in [-0.15, -0.1) is 0 Å². The fourth-order valence-corrected chi connectivity index (χ4v) is 3.33. The molecule has 0 radical (unpaired) electrons. The van der Waals surface area contributed by atoms with E-state index in [1.54, 1.807) is 4.90 Å². The van der Waals surface area contributed by atoms with Crippen molar-refractivity contribution in [2.75, 3.05) is 26.2 Å². The fraction of sp³-hybridized carbons (Fsp3) is 0.867. The van der Waals surface area contributed by atoms with Gasteiger partial charge in [0, 0.05) is 25.7 Å². The Morgan fingerprint density at radius 3 is 2.43 bits per heavy atom. The van der Waals surface area contributed by atoms with Crippen molar-refractivity contribution in [2.45, 2.75) is 51.1 Å². The Morgan fingerprint density at radius 1 is 1.19 bits per heavy atom. The number of aliphatic carboxylic acids is 1. The van der Waals surface area contributed by atoms with Crippen molar-refractivity contribution in [1.82, 2.24) is 9.80 Å². The number of likely N-dealkylation sites (tertiary alicyclic amines) is 2. The van der Waals surface area contributed by atoms with E-state index in [1.807, 2.05) is 0 Å². The molecule has 0 aromatic heterocycles. The first kappa shape index (κ1) is 16.2. The average molecular weight is 297 g/mol. The van der Waals surface area contributed by atoms with Gasteiger partial charge in [0.2, 0.25) is 5.91 Å². The van der Waals surface area contributed by atoms with E-state index in [9.17, 15) is 14.7 Å². The van der Waals surface area contributed by atoms with Crippen LogP contribution in [0.3, 0.4) is 0 Å². The van der Waals surface area contributed by atoms with Crippen LogP contribution < -0.4 is 5.73 Å². The Morgan fingerprint density at radius 2 is 1.86 bits per heavy atom. The molecule has 2 aliphatic heterocycles. The number of nitrogens with two attached hydrogens (primary N) is 1. The highest BCUT2D eigenvalue weighted by Crippen LogP contribution is 2.26. The summed E-state index contributed by atoms with van der Waals surface area (Å²) in [5, 5.41) is 9.39. The molecule has 2 atom stereocenters. The van der Waals surface area contributed by atoms with Gasteiger partial charge in [0.15, 0.2) is 0 Å². The molecule has 6 nitrogen and oxygen atoms in total. The second kappa shape index (κ2) is 7.22. The van der Waals surface area contributed by atoms with E-state index in [-0.39, 0.29) is 11.9 Å². The zero-order valence-electron chi connectivity index (χ0n) is 12.8. The summed E-state index contributed by atoms with van der Waals surface area (Å²) in [6, 6.07) is -0.410. The molecule has 6 heteroatoms. The van der Waals surface area contributed by atoms with Gasteiger partial charge in [0.25, 0.3) is 0 Å². The zero-order valence-corrected chi connectivity index (χ0v) is 12.8. The maximum Gasteiger partial charge on any atom is 0.326 e. The molecule has 0 aliphatic carbocycles. The third kappa shape index (κ3) is 4.17. The highest BCUT2D eigenvalue weighted by molar-refractivity contribution is 5.85. The number of amides is 1. The summed E-state index contributed by atoms with van der Waals surface area (Å²) in [6.07, 6.45) is 4.30. The van der Waals surface area contributed by atoms with Crippen LogP contribution in [0, 0.1) is 5.92 Å². The molecular weight excluding hydrogens is 270 g/mol. The van der Waals surface area contributed by atoms with Gasteiger partial charge in [-0.1, -0.05) is 13.3 Å². The molecule has 2 heterocycles. The molecule has 2 aliphatic rings. The van der Waals surface area contributed by atoms with E-state index < -0.39 is 12.0 Å². The Balaban J connectivity index is 1.92. The molecule has 0 saturated carbocycles. The van der Waals surface area contributed by atoms with Gasteiger partial charge >= 0.3 is 5.97 Å². The van der Waals surface area contributed by atoms with Crippen LogP contribution >= 0.6 is 0 Å². The highest BCUT2D eigenvalue weighted by Gasteiger charge is 2.36. The fourth-order valence-electron chi connectivity index (χ4n) is 3.33. The quantitative estimate of drug-likeness (QED) is 0.789. The van der Waals surface area contributed by atoms with E-state index in [0.29, 0.717) is 25.4 Å². The standard InChI is InChI=1S/C15H27N3O3/c1-2-11-3-8-18(13(9-11)15(20)21)14(19)10-17-6-4-12(16)5-7-17/h11-13H,2-10,16H2,1H3,(H,20,21). The molecule has 3 N–H and O–H groups in total. The summed E-state index contributed by atoms with van der Waals surface area (Å²) in [6.45, 7) is 4.64. The van der Waals surface area contributed by atoms with Crippen molar-refractivity contribution in [3.05, 3.63) is 0 Å². The predicted molar refractivity (Wildman–Crippen MR) is 79.8 cm³/mol. The Labute approximate surface area is 126 Å². The van der Waals surface area contributed by atoms with Crippen molar-refractivity contribution < 1.29 is 14.7 Å². The Bertz CT molecular complexity index is 380. The molecule has 0 bridgehead atoms. The van der Waals surface area contributed by atoms with Gasteiger partial charge in [-0.3, -0.25) is 9.69 Å². The Hall–Kier alpha value is -1.14. The lowest BCUT2D eigenvalue weighted by Crippen LogP contribution is -2.53. The largest absolute Gasteiger partial charge is 0.480 e. The molecule has 21 heavy (non-hydrogen) atoms. The molecule has 2 unspecified atom stereocenters. The molecule has 120 valence electrons. The number of hydrogen-bond donors (Lipinski definition) is 2. The number of carbonyl (C=O) groups is 2. The summed E-state index contributed by atoms with van der Waals surface area (Å²) < 4.78 is 0. The van der Waals surface area contributed by atoms with Gasteiger partial charge in [-0.25, -0.2) is 4.79 Å². The summed E-state index contributed by atoms with van der Waals surface area (Å²) in [4.78, 5) is 27.6. The predicted octanol–water partition coefficient (Wildman–Crippen LogP) is 0.511. The minimum Gasteiger partial charge on any atom is -0.480 e. The minimum absolute atomic E-state index is 0.0487. The van der Waals surface area contributed by atoms with Crippen LogP contribution in [0.15, 0.2) is 0 Å². The third-order valence-corrected chi connectivity index (χ3v) is 4.88. The average Bonchev–Trinajstić information content (AvgIpc) is 2.48. The van der Waals surface area contributed by atoms with Gasteiger partial charge in [0.05, 0.1) is 6.54 Å². The maximum atomic E-state index is 12.4. The second-order valence-electron chi connectivity index (χ2n) is 6.35. The van der Waals surface area contributed by atoms with Gasteiger partial charge in [0.1, 0.15) is 6.04 Å². The molecule has 2 fully saturated rings. The van der Waals surface area contributed by atoms with Crippen LogP contribution in [0.4, 0.5) is 0 Å². The highest BCUT2D eigenvalue weighted by atomic mass is 16.4. The minimum atomic E-state index is -0.873. The monoisotopic (exact) mass is 297 g/mol. The molecule has 2 rings (SSSR count). The number of hydrogen-bond acceptors (Lipinski definition) is 4. The van der Waals surface area contributed by atoms with Crippen molar-refractivity contribution in [1.29, 1.82) is 0 Å². The third-order valence-electron chi connectivity index (χ3n) is 4.88. The van der Waals surface area contributed by atoms with Crippen LogP contribution in [0.25, 0.3) is 0 Å². The van der Waals surface area contributed by atoms with E-state index >= 15 is 0 Å². The number of nitrogens with zero attached hydrogens (tertiary/aromatic N) is 2. The van der Waals surface area contributed by atoms with Crippen molar-refractivity contribution in [3.63, 3.8) is 0 Å². The summed E-state index contributed by atoms with van der Waals surface area (Å²) in [7, 11) is 0. The van der Waals surface area contributed by atoms with Crippen LogP contribution in [0.1, 0.15) is 39.0 Å². The second-order valence-corrected chi connectivity index (χ2v) is 6.35. The lowest BCUT2D eigenvalue weighted by molar-refractivity contribution is -0.153. The summed E-state index contributed by atoms with van der Waals surface area (Å²) in [5.41, 5.74) is 5.86. The molecule has 0 aromatic rings. The number of carboxylic acids is 1. The number of carbonyl (C=O) groups excluding carboxylic acids is 1.